The Morgan fingerprint density at radius 3 is 3.12 bits per heavy atom. The largest absolute Gasteiger partial charge is 0.378 e. The van der Waals surface area contributed by atoms with Crippen LogP contribution in [0.2, 0.25) is 0 Å². The van der Waals surface area contributed by atoms with Gasteiger partial charge in [0.15, 0.2) is 0 Å². The van der Waals surface area contributed by atoms with Gasteiger partial charge in [0.05, 0.1) is 0 Å². The van der Waals surface area contributed by atoms with Crippen LogP contribution in [-0.4, -0.2) is 21.3 Å². The lowest BCUT2D eigenvalue weighted by Gasteiger charge is -2.45. The van der Waals surface area contributed by atoms with Crippen molar-refractivity contribution in [2.45, 2.75) is 31.7 Å². The van der Waals surface area contributed by atoms with Gasteiger partial charge in [0.1, 0.15) is 0 Å². The van der Waals surface area contributed by atoms with E-state index in [0.29, 0.717) is 5.92 Å². The molecule has 3 heteroatoms. The lowest BCUT2D eigenvalue weighted by molar-refractivity contribution is 0.441. The zero-order valence-corrected chi connectivity index (χ0v) is 10.6. The molecule has 3 atom stereocenters. The normalized spacial score (nSPS) is 36.4. The monoisotopic (exact) mass is 235 g/mol. The Bertz CT molecular complexity index is 471. The fourth-order valence-electron chi connectivity index (χ4n) is 3.09. The molecule has 0 amide bonds. The number of benzene rings is 1. The molecule has 2 aliphatic rings. The van der Waals surface area contributed by atoms with Crippen molar-refractivity contribution >= 4 is 16.5 Å². The first-order valence-corrected chi connectivity index (χ1v) is 7.29. The van der Waals surface area contributed by atoms with E-state index in [1.807, 2.05) is 0 Å². The molecule has 0 saturated carbocycles. The summed E-state index contributed by atoms with van der Waals surface area (Å²) >= 11 is 0. The van der Waals surface area contributed by atoms with E-state index in [2.05, 4.69) is 37.4 Å². The van der Waals surface area contributed by atoms with Gasteiger partial charge in [-0.15, -0.1) is 0 Å². The van der Waals surface area contributed by atoms with Crippen LogP contribution >= 0.6 is 0 Å². The number of fused-ring (bicyclic) bond motifs is 4. The third-order valence-corrected chi connectivity index (χ3v) is 5.47. The predicted molar refractivity (Wildman–Crippen MR) is 68.4 cm³/mol. The van der Waals surface area contributed by atoms with Crippen LogP contribution in [0.15, 0.2) is 18.2 Å². The van der Waals surface area contributed by atoms with Gasteiger partial charge in [-0.25, -0.2) is 0 Å². The second-order valence-corrected chi connectivity index (χ2v) is 6.88. The van der Waals surface area contributed by atoms with E-state index in [4.69, 9.17) is 0 Å². The topological polar surface area (TPSA) is 29.1 Å². The number of aryl methyl sites for hydroxylation is 1. The summed E-state index contributed by atoms with van der Waals surface area (Å²) in [6, 6.07) is 6.44. The van der Waals surface area contributed by atoms with E-state index in [1.165, 1.54) is 16.8 Å². The van der Waals surface area contributed by atoms with Crippen molar-refractivity contribution in [3.8, 4) is 0 Å². The maximum Gasteiger partial charge on any atom is 0.0467 e. The summed E-state index contributed by atoms with van der Waals surface area (Å²) in [5.41, 5.74) is 4.00. The molecule has 2 nitrogen and oxygen atoms in total. The molecule has 0 radical (unpaired) electrons. The maximum atomic E-state index is 11.8. The van der Waals surface area contributed by atoms with E-state index in [9.17, 15) is 4.21 Å². The summed E-state index contributed by atoms with van der Waals surface area (Å²) in [5.74, 6) is 2.11. The summed E-state index contributed by atoms with van der Waals surface area (Å²) in [4.78, 5) is 0. The van der Waals surface area contributed by atoms with Crippen molar-refractivity contribution in [1.29, 1.82) is 0 Å². The first-order chi connectivity index (χ1) is 7.57. The number of rotatable bonds is 0. The number of hydrogen-bond donors (Lipinski definition) is 1. The fraction of sp³-hybridized carbons (Fsp3) is 0.538. The van der Waals surface area contributed by atoms with Crippen molar-refractivity contribution in [2.75, 3.05) is 16.8 Å². The lowest BCUT2D eigenvalue weighted by Crippen LogP contribution is -2.50. The SMILES string of the molecule is Cc1cccc2c1NC1(C)CC2CS(=O)C1. The standard InChI is InChI=1S/C13H17NOS/c1-9-4-3-5-11-10-6-13(2,14-12(9)11)8-16(15)7-10/h3-5,10,14H,6-8H2,1-2H3. The molecule has 16 heavy (non-hydrogen) atoms. The van der Waals surface area contributed by atoms with Crippen LogP contribution < -0.4 is 5.32 Å². The highest BCUT2D eigenvalue weighted by atomic mass is 32.2. The van der Waals surface area contributed by atoms with Gasteiger partial charge in [-0.1, -0.05) is 18.2 Å². The number of para-hydroxylation sites is 1. The summed E-state index contributed by atoms with van der Waals surface area (Å²) < 4.78 is 11.8. The lowest BCUT2D eigenvalue weighted by atomic mass is 9.80. The summed E-state index contributed by atoms with van der Waals surface area (Å²) in [7, 11) is -0.665. The molecular formula is C13H17NOS. The highest BCUT2D eigenvalue weighted by Gasteiger charge is 2.41. The van der Waals surface area contributed by atoms with E-state index < -0.39 is 10.8 Å². The van der Waals surface area contributed by atoms with Gasteiger partial charge in [-0.05, 0) is 37.3 Å². The molecule has 0 aromatic heterocycles. The van der Waals surface area contributed by atoms with Gasteiger partial charge in [-0.3, -0.25) is 4.21 Å². The molecule has 1 N–H and O–H groups in total. The molecule has 2 bridgehead atoms. The van der Waals surface area contributed by atoms with Crippen LogP contribution in [0.1, 0.15) is 30.4 Å². The first kappa shape index (κ1) is 10.3. The van der Waals surface area contributed by atoms with E-state index in [0.717, 1.165) is 17.9 Å². The average Bonchev–Trinajstić information content (AvgIpc) is 2.18. The van der Waals surface area contributed by atoms with E-state index in [-0.39, 0.29) is 5.54 Å². The molecule has 86 valence electrons. The van der Waals surface area contributed by atoms with Crippen molar-refractivity contribution < 1.29 is 4.21 Å². The van der Waals surface area contributed by atoms with Gasteiger partial charge in [0, 0.05) is 33.5 Å². The Hall–Kier alpha value is -0.830. The average molecular weight is 235 g/mol. The molecule has 2 aliphatic heterocycles. The van der Waals surface area contributed by atoms with Gasteiger partial charge in [-0.2, -0.15) is 0 Å². The van der Waals surface area contributed by atoms with Crippen molar-refractivity contribution in [3.05, 3.63) is 29.3 Å². The molecule has 3 unspecified atom stereocenters. The minimum absolute atomic E-state index is 0.0346. The minimum atomic E-state index is -0.665. The van der Waals surface area contributed by atoms with Gasteiger partial charge in [0.2, 0.25) is 0 Å². The molecule has 3 rings (SSSR count). The van der Waals surface area contributed by atoms with Crippen LogP contribution in [0.25, 0.3) is 0 Å². The van der Waals surface area contributed by atoms with Crippen LogP contribution in [0, 0.1) is 6.92 Å². The van der Waals surface area contributed by atoms with E-state index >= 15 is 0 Å². The van der Waals surface area contributed by atoms with Crippen molar-refractivity contribution in [1.82, 2.24) is 0 Å². The second-order valence-electron chi connectivity index (χ2n) is 5.38. The molecule has 0 spiro atoms. The molecule has 1 aromatic rings. The predicted octanol–water partition coefficient (Wildman–Crippen LogP) is 2.42. The zero-order chi connectivity index (χ0) is 11.3. The molecule has 0 aliphatic carbocycles. The highest BCUT2D eigenvalue weighted by molar-refractivity contribution is 7.85. The maximum absolute atomic E-state index is 11.8. The van der Waals surface area contributed by atoms with Crippen molar-refractivity contribution in [3.63, 3.8) is 0 Å². The van der Waals surface area contributed by atoms with Crippen LogP contribution in [-0.2, 0) is 10.8 Å². The quantitative estimate of drug-likeness (QED) is 0.748. The van der Waals surface area contributed by atoms with Gasteiger partial charge in [0.25, 0.3) is 0 Å². The first-order valence-electron chi connectivity index (χ1n) is 5.80. The Balaban J connectivity index is 2.14. The smallest absolute Gasteiger partial charge is 0.0467 e. The third-order valence-electron chi connectivity index (χ3n) is 3.74. The highest BCUT2D eigenvalue weighted by Crippen LogP contribution is 2.44. The Morgan fingerprint density at radius 2 is 2.31 bits per heavy atom. The second kappa shape index (κ2) is 3.33. The van der Waals surface area contributed by atoms with Crippen LogP contribution in [0.3, 0.4) is 0 Å². The van der Waals surface area contributed by atoms with Crippen LogP contribution in [0.5, 0.6) is 0 Å². The van der Waals surface area contributed by atoms with Crippen molar-refractivity contribution in [2.24, 2.45) is 0 Å². The fourth-order valence-corrected chi connectivity index (χ4v) is 4.86. The molecule has 2 heterocycles. The number of anilines is 1. The number of hydrogen-bond acceptors (Lipinski definition) is 2. The van der Waals surface area contributed by atoms with Gasteiger partial charge < -0.3 is 5.32 Å². The van der Waals surface area contributed by atoms with Crippen LogP contribution in [0.4, 0.5) is 5.69 Å². The third kappa shape index (κ3) is 1.49. The van der Waals surface area contributed by atoms with E-state index in [1.54, 1.807) is 0 Å². The molecule has 1 fully saturated rings. The summed E-state index contributed by atoms with van der Waals surface area (Å²) in [6.07, 6.45) is 1.12. The Labute approximate surface area is 98.9 Å². The Morgan fingerprint density at radius 1 is 1.50 bits per heavy atom. The Kier molecular flexibility index (Phi) is 2.15. The zero-order valence-electron chi connectivity index (χ0n) is 9.75. The molecular weight excluding hydrogens is 218 g/mol. The number of nitrogens with one attached hydrogen (secondary N) is 1. The minimum Gasteiger partial charge on any atom is -0.378 e. The van der Waals surface area contributed by atoms with Gasteiger partial charge >= 0.3 is 0 Å². The molecule has 1 saturated heterocycles. The molecule has 1 aromatic carbocycles. The summed E-state index contributed by atoms with van der Waals surface area (Å²) in [6.45, 7) is 4.35. The summed E-state index contributed by atoms with van der Waals surface area (Å²) in [5, 5.41) is 3.61.